The van der Waals surface area contributed by atoms with Crippen molar-refractivity contribution in [2.24, 2.45) is 0 Å². The second-order valence-electron chi connectivity index (χ2n) is 7.17. The first-order valence-corrected chi connectivity index (χ1v) is 9.62. The number of alkyl halides is 3. The molecule has 2 N–H and O–H groups in total. The van der Waals surface area contributed by atoms with Crippen LogP contribution in [0.1, 0.15) is 33.7 Å². The number of hydrogen-bond donors (Lipinski definition) is 2. The van der Waals surface area contributed by atoms with Crippen LogP contribution < -0.4 is 10.6 Å². The van der Waals surface area contributed by atoms with Crippen LogP contribution in [0.5, 0.6) is 0 Å². The van der Waals surface area contributed by atoms with Gasteiger partial charge in [0.2, 0.25) is 5.91 Å². The van der Waals surface area contributed by atoms with E-state index >= 15 is 0 Å². The van der Waals surface area contributed by atoms with Crippen molar-refractivity contribution < 1.29 is 27.2 Å². The molecule has 0 unspecified atom stereocenters. The van der Waals surface area contributed by atoms with Crippen LogP contribution in [0.2, 0.25) is 0 Å². The van der Waals surface area contributed by atoms with Gasteiger partial charge in [0.25, 0.3) is 5.91 Å². The molecule has 2 amide bonds. The molecule has 3 rings (SSSR count). The first-order chi connectivity index (χ1) is 15.0. The molecule has 0 saturated carbocycles. The largest absolute Gasteiger partial charge is 0.418 e. The number of rotatable bonds is 6. The number of carbonyl (C=O) groups excluding carboxylic acids is 2. The van der Waals surface area contributed by atoms with Gasteiger partial charge in [0.15, 0.2) is 0 Å². The highest BCUT2D eigenvalue weighted by molar-refractivity contribution is 6.04. The first kappa shape index (κ1) is 23.0. The fourth-order valence-electron chi connectivity index (χ4n) is 3.09. The van der Waals surface area contributed by atoms with Gasteiger partial charge in [-0.2, -0.15) is 18.3 Å². The second kappa shape index (κ2) is 9.21. The molecule has 1 aromatic heterocycles. The fourth-order valence-corrected chi connectivity index (χ4v) is 3.09. The normalized spacial score (nSPS) is 11.3. The van der Waals surface area contributed by atoms with Crippen LogP contribution in [0.25, 0.3) is 0 Å². The number of halogens is 4. The summed E-state index contributed by atoms with van der Waals surface area (Å²) >= 11 is 0. The Morgan fingerprint density at radius 3 is 2.28 bits per heavy atom. The lowest BCUT2D eigenvalue weighted by Crippen LogP contribution is -2.19. The monoisotopic (exact) mass is 448 g/mol. The zero-order chi connectivity index (χ0) is 23.5. The smallest absolute Gasteiger partial charge is 0.325 e. The van der Waals surface area contributed by atoms with E-state index in [-0.39, 0.29) is 24.2 Å². The number of amides is 2. The number of nitrogens with one attached hydrogen (secondary N) is 2. The van der Waals surface area contributed by atoms with E-state index in [1.165, 1.54) is 18.2 Å². The Balaban J connectivity index is 1.73. The molecule has 0 radical (unpaired) electrons. The van der Waals surface area contributed by atoms with E-state index in [4.69, 9.17) is 0 Å². The van der Waals surface area contributed by atoms with E-state index in [1.54, 1.807) is 11.6 Å². The van der Waals surface area contributed by atoms with Crippen LogP contribution in [-0.4, -0.2) is 21.6 Å². The van der Waals surface area contributed by atoms with Gasteiger partial charge in [-0.25, -0.2) is 4.39 Å². The Bertz CT molecular complexity index is 1140. The van der Waals surface area contributed by atoms with Gasteiger partial charge in [0.05, 0.1) is 16.9 Å². The zero-order valence-electron chi connectivity index (χ0n) is 17.3. The molecule has 0 aliphatic carbocycles. The second-order valence-corrected chi connectivity index (χ2v) is 7.17. The predicted molar refractivity (Wildman–Crippen MR) is 111 cm³/mol. The molecule has 0 aliphatic rings. The Labute approximate surface area is 181 Å². The summed E-state index contributed by atoms with van der Waals surface area (Å²) in [5.41, 5.74) is 0.0615. The van der Waals surface area contributed by atoms with E-state index < -0.39 is 35.1 Å². The molecule has 1 heterocycles. The maximum Gasteiger partial charge on any atom is 0.418 e. The molecule has 3 aromatic rings. The molecule has 168 valence electrons. The van der Waals surface area contributed by atoms with Crippen molar-refractivity contribution in [2.45, 2.75) is 33.0 Å². The molecular formula is C22H20F4N4O2. The fraction of sp³-hybridized carbons (Fsp3) is 0.227. The summed E-state index contributed by atoms with van der Waals surface area (Å²) in [4.78, 5) is 24.4. The van der Waals surface area contributed by atoms with Gasteiger partial charge in [-0.15, -0.1) is 0 Å². The van der Waals surface area contributed by atoms with E-state index in [9.17, 15) is 27.2 Å². The van der Waals surface area contributed by atoms with Gasteiger partial charge >= 0.3 is 6.18 Å². The van der Waals surface area contributed by atoms with Crippen molar-refractivity contribution in [1.82, 2.24) is 9.78 Å². The topological polar surface area (TPSA) is 76.0 Å². The van der Waals surface area contributed by atoms with Gasteiger partial charge in [-0.3, -0.25) is 14.3 Å². The van der Waals surface area contributed by atoms with E-state index in [0.29, 0.717) is 0 Å². The quantitative estimate of drug-likeness (QED) is 0.525. The molecule has 0 aliphatic heterocycles. The number of aryl methyl sites for hydroxylation is 3. The van der Waals surface area contributed by atoms with Gasteiger partial charge in [-0.1, -0.05) is 0 Å². The minimum Gasteiger partial charge on any atom is -0.325 e. The van der Waals surface area contributed by atoms with Crippen molar-refractivity contribution >= 4 is 23.2 Å². The molecule has 0 fully saturated rings. The molecule has 10 heteroatoms. The Hall–Kier alpha value is -3.69. The lowest BCUT2D eigenvalue weighted by atomic mass is 10.1. The molecule has 0 spiro atoms. The lowest BCUT2D eigenvalue weighted by Gasteiger charge is -2.16. The summed E-state index contributed by atoms with van der Waals surface area (Å²) in [5, 5.41) is 8.83. The van der Waals surface area contributed by atoms with Crippen LogP contribution >= 0.6 is 0 Å². The summed E-state index contributed by atoms with van der Waals surface area (Å²) in [7, 11) is 0. The average Bonchev–Trinajstić information content (AvgIpc) is 3.04. The van der Waals surface area contributed by atoms with Crippen molar-refractivity contribution in [3.63, 3.8) is 0 Å². The van der Waals surface area contributed by atoms with E-state index in [2.05, 4.69) is 15.7 Å². The molecule has 32 heavy (non-hydrogen) atoms. The number of hydrogen-bond acceptors (Lipinski definition) is 3. The van der Waals surface area contributed by atoms with Gasteiger partial charge in [0.1, 0.15) is 5.82 Å². The summed E-state index contributed by atoms with van der Waals surface area (Å²) in [6, 6.07) is 9.45. The van der Waals surface area contributed by atoms with Gasteiger partial charge < -0.3 is 10.6 Å². The number of anilines is 2. The lowest BCUT2D eigenvalue weighted by molar-refractivity contribution is -0.136. The minimum atomic E-state index is -4.77. The van der Waals surface area contributed by atoms with Crippen LogP contribution in [0.15, 0.2) is 48.5 Å². The van der Waals surface area contributed by atoms with Crippen LogP contribution in [0.3, 0.4) is 0 Å². The van der Waals surface area contributed by atoms with Gasteiger partial charge in [0, 0.05) is 29.9 Å². The molecule has 6 nitrogen and oxygen atoms in total. The standard InChI is InChI=1S/C22H20F4N4O2/c1-13-11-14(2)30(29-13)10-9-20(31)28-19-8-7-17(12-18(19)22(24,25)26)27-21(32)15-3-5-16(23)6-4-15/h3-8,11-12H,9-10H2,1-2H3,(H,27,32)(H,28,31). The highest BCUT2D eigenvalue weighted by atomic mass is 19.4. The average molecular weight is 448 g/mol. The van der Waals surface area contributed by atoms with Crippen LogP contribution in [0, 0.1) is 19.7 Å². The zero-order valence-corrected chi connectivity index (χ0v) is 17.3. The predicted octanol–water partition coefficient (Wildman–Crippen LogP) is 4.94. The Kier molecular flexibility index (Phi) is 6.61. The maximum atomic E-state index is 13.6. The Morgan fingerprint density at radius 2 is 1.69 bits per heavy atom. The van der Waals surface area contributed by atoms with Crippen molar-refractivity contribution in [3.05, 3.63) is 76.9 Å². The molecule has 0 saturated heterocycles. The third-order valence-electron chi connectivity index (χ3n) is 4.62. The third kappa shape index (κ3) is 5.71. The van der Waals surface area contributed by atoms with E-state index in [1.807, 2.05) is 13.0 Å². The molecular weight excluding hydrogens is 428 g/mol. The number of benzene rings is 2. The summed E-state index contributed by atoms with van der Waals surface area (Å²) < 4.78 is 55.3. The molecule has 2 aromatic carbocycles. The maximum absolute atomic E-state index is 13.6. The van der Waals surface area contributed by atoms with Crippen molar-refractivity contribution in [2.75, 3.05) is 10.6 Å². The highest BCUT2D eigenvalue weighted by Gasteiger charge is 2.34. The minimum absolute atomic E-state index is 0.0672. The van der Waals surface area contributed by atoms with Crippen molar-refractivity contribution in [1.29, 1.82) is 0 Å². The van der Waals surface area contributed by atoms with Crippen molar-refractivity contribution in [3.8, 4) is 0 Å². The summed E-state index contributed by atoms with van der Waals surface area (Å²) in [6.07, 6.45) is -4.84. The number of nitrogens with zero attached hydrogens (tertiary/aromatic N) is 2. The van der Waals surface area contributed by atoms with Crippen LogP contribution in [0.4, 0.5) is 28.9 Å². The Morgan fingerprint density at radius 1 is 1.00 bits per heavy atom. The number of aromatic nitrogens is 2. The summed E-state index contributed by atoms with van der Waals surface area (Å²) in [5.74, 6) is -1.84. The van der Waals surface area contributed by atoms with Gasteiger partial charge in [-0.05, 0) is 62.4 Å². The highest BCUT2D eigenvalue weighted by Crippen LogP contribution is 2.36. The van der Waals surface area contributed by atoms with E-state index in [0.717, 1.165) is 35.7 Å². The number of carbonyl (C=O) groups is 2. The van der Waals surface area contributed by atoms with Crippen LogP contribution in [-0.2, 0) is 17.5 Å². The molecule has 0 atom stereocenters. The first-order valence-electron chi connectivity index (χ1n) is 9.62. The summed E-state index contributed by atoms with van der Waals surface area (Å²) in [6.45, 7) is 3.84. The SMILES string of the molecule is Cc1cc(C)n(CCC(=O)Nc2ccc(NC(=O)c3ccc(F)cc3)cc2C(F)(F)F)n1. The molecule has 0 bridgehead atoms. The third-order valence-corrected chi connectivity index (χ3v) is 4.62.